The van der Waals surface area contributed by atoms with Crippen LogP contribution in [0.1, 0.15) is 53.1 Å². The Morgan fingerprint density at radius 2 is 1.71 bits per heavy atom. The number of nitrogens with one attached hydrogen (secondary N) is 1. The first-order valence-corrected chi connectivity index (χ1v) is 11.5. The van der Waals surface area contributed by atoms with Crippen molar-refractivity contribution in [3.63, 3.8) is 0 Å². The van der Waals surface area contributed by atoms with Crippen LogP contribution in [0.4, 0.5) is 13.2 Å². The predicted octanol–water partition coefficient (Wildman–Crippen LogP) is 4.52. The van der Waals surface area contributed by atoms with Crippen LogP contribution in [0.15, 0.2) is 65.5 Å². The first kappa shape index (κ1) is 24.7. The third-order valence-electron chi connectivity index (χ3n) is 6.25. The highest BCUT2D eigenvalue weighted by atomic mass is 19.4. The molecule has 9 heteroatoms. The maximum absolute atomic E-state index is 13.2. The van der Waals surface area contributed by atoms with Gasteiger partial charge < -0.3 is 5.32 Å². The van der Waals surface area contributed by atoms with Gasteiger partial charge in [-0.3, -0.25) is 14.5 Å². The minimum Gasteiger partial charge on any atom is -0.346 e. The molecule has 2 heterocycles. The lowest BCUT2D eigenvalue weighted by Crippen LogP contribution is -2.45. The van der Waals surface area contributed by atoms with Gasteiger partial charge in [0.05, 0.1) is 17.3 Å². The summed E-state index contributed by atoms with van der Waals surface area (Å²) in [4.78, 5) is 28.1. The molecule has 4 rings (SSSR count). The Labute approximate surface area is 201 Å². The van der Waals surface area contributed by atoms with E-state index in [4.69, 9.17) is 0 Å². The number of benzene rings is 2. The molecule has 2 aromatic carbocycles. The average molecular weight is 485 g/mol. The zero-order valence-corrected chi connectivity index (χ0v) is 19.5. The van der Waals surface area contributed by atoms with Gasteiger partial charge >= 0.3 is 6.18 Å². The Balaban J connectivity index is 1.64. The Hall–Kier alpha value is -3.46. The van der Waals surface area contributed by atoms with Gasteiger partial charge in [0.25, 0.3) is 5.91 Å². The van der Waals surface area contributed by atoms with E-state index in [1.807, 2.05) is 37.3 Å². The van der Waals surface area contributed by atoms with Gasteiger partial charge in [-0.1, -0.05) is 36.4 Å². The second kappa shape index (κ2) is 10.0. The molecule has 0 radical (unpaired) electrons. The number of hydrogen-bond acceptors (Lipinski definition) is 4. The van der Waals surface area contributed by atoms with Gasteiger partial charge in [0.15, 0.2) is 5.69 Å². The molecule has 0 bridgehead atoms. The molecular formula is C26H27F3N4O2. The second-order valence-corrected chi connectivity index (χ2v) is 8.82. The average Bonchev–Trinajstić information content (AvgIpc) is 3.33. The van der Waals surface area contributed by atoms with Crippen molar-refractivity contribution in [1.29, 1.82) is 0 Å². The van der Waals surface area contributed by atoms with Crippen LogP contribution in [0.25, 0.3) is 5.69 Å². The monoisotopic (exact) mass is 484 g/mol. The lowest BCUT2D eigenvalue weighted by atomic mass is 9.98. The number of aromatic nitrogens is 2. The number of aryl methyl sites for hydroxylation is 1. The minimum atomic E-state index is -4.53. The van der Waals surface area contributed by atoms with Crippen molar-refractivity contribution in [1.82, 2.24) is 20.0 Å². The van der Waals surface area contributed by atoms with Crippen molar-refractivity contribution in [2.45, 2.75) is 44.9 Å². The summed E-state index contributed by atoms with van der Waals surface area (Å²) in [6.45, 7) is 5.25. The summed E-state index contributed by atoms with van der Waals surface area (Å²) < 4.78 is 40.8. The highest BCUT2D eigenvalue weighted by molar-refractivity contribution is 5.92. The van der Waals surface area contributed by atoms with E-state index in [1.165, 1.54) is 22.9 Å². The summed E-state index contributed by atoms with van der Waals surface area (Å²) in [6, 6.07) is 15.2. The number of nitrogens with zero attached hydrogens (tertiary/aromatic N) is 3. The molecule has 1 N–H and O–H groups in total. The van der Waals surface area contributed by atoms with Crippen LogP contribution in [0.2, 0.25) is 0 Å². The summed E-state index contributed by atoms with van der Waals surface area (Å²) in [5, 5.41) is 7.07. The number of carbonyl (C=O) groups is 1. The molecule has 1 aliphatic rings. The van der Waals surface area contributed by atoms with Crippen LogP contribution >= 0.6 is 0 Å². The molecule has 6 nitrogen and oxygen atoms in total. The van der Waals surface area contributed by atoms with E-state index in [-0.39, 0.29) is 23.5 Å². The normalized spacial score (nSPS) is 16.1. The number of rotatable bonds is 6. The van der Waals surface area contributed by atoms with Gasteiger partial charge in [-0.15, -0.1) is 0 Å². The van der Waals surface area contributed by atoms with Crippen LogP contribution in [0, 0.1) is 6.92 Å². The van der Waals surface area contributed by atoms with E-state index in [0.29, 0.717) is 5.69 Å². The molecule has 1 amide bonds. The largest absolute Gasteiger partial charge is 0.416 e. The van der Waals surface area contributed by atoms with Gasteiger partial charge in [-0.05, 0) is 63.5 Å². The molecule has 1 fully saturated rings. The van der Waals surface area contributed by atoms with Crippen LogP contribution in [-0.2, 0) is 6.18 Å². The maximum Gasteiger partial charge on any atom is 0.416 e. The van der Waals surface area contributed by atoms with Gasteiger partial charge in [0.2, 0.25) is 5.43 Å². The fraction of sp³-hybridized carbons (Fsp3) is 0.346. The van der Waals surface area contributed by atoms with Gasteiger partial charge in [0, 0.05) is 17.8 Å². The van der Waals surface area contributed by atoms with E-state index >= 15 is 0 Å². The zero-order chi connectivity index (χ0) is 25.2. The molecule has 1 aromatic heterocycles. The van der Waals surface area contributed by atoms with Crippen molar-refractivity contribution in [2.24, 2.45) is 0 Å². The quantitative estimate of drug-likeness (QED) is 0.559. The summed E-state index contributed by atoms with van der Waals surface area (Å²) in [6.07, 6.45) is -2.38. The number of amides is 1. The van der Waals surface area contributed by atoms with Gasteiger partial charge in [-0.2, -0.15) is 18.3 Å². The molecular weight excluding hydrogens is 457 g/mol. The Bertz CT molecular complexity index is 1250. The van der Waals surface area contributed by atoms with Crippen LogP contribution < -0.4 is 10.7 Å². The molecule has 1 saturated heterocycles. The maximum atomic E-state index is 13.2. The van der Waals surface area contributed by atoms with Crippen molar-refractivity contribution < 1.29 is 18.0 Å². The molecule has 0 unspecified atom stereocenters. The number of halogens is 3. The summed E-state index contributed by atoms with van der Waals surface area (Å²) in [5.41, 5.74) is -0.316. The fourth-order valence-corrected chi connectivity index (χ4v) is 4.62. The van der Waals surface area contributed by atoms with Crippen LogP contribution in [0.5, 0.6) is 0 Å². The van der Waals surface area contributed by atoms with Crippen LogP contribution in [0.3, 0.4) is 0 Å². The molecule has 184 valence electrons. The SMILES string of the molecule is Cc1cc(=O)c(C(=O)N[C@H](C)[C@@H](c2ccccc2)N2CCCC2)nn1-c1cccc(C(F)(F)F)c1. The molecule has 2 atom stereocenters. The third kappa shape index (κ3) is 5.45. The molecule has 0 spiro atoms. The number of alkyl halides is 3. The zero-order valence-electron chi connectivity index (χ0n) is 19.5. The number of likely N-dealkylation sites (tertiary alicyclic amines) is 1. The van der Waals surface area contributed by atoms with Crippen molar-refractivity contribution >= 4 is 5.91 Å². The smallest absolute Gasteiger partial charge is 0.346 e. The van der Waals surface area contributed by atoms with E-state index in [1.54, 1.807) is 6.92 Å². The first-order chi connectivity index (χ1) is 16.6. The van der Waals surface area contributed by atoms with Crippen LogP contribution in [-0.4, -0.2) is 39.7 Å². The highest BCUT2D eigenvalue weighted by Gasteiger charge is 2.32. The highest BCUT2D eigenvalue weighted by Crippen LogP contribution is 2.30. The molecule has 35 heavy (non-hydrogen) atoms. The van der Waals surface area contributed by atoms with Gasteiger partial charge in [0.1, 0.15) is 0 Å². The number of carbonyl (C=O) groups excluding carboxylic acids is 1. The molecule has 0 aliphatic carbocycles. The molecule has 1 aliphatic heterocycles. The lowest BCUT2D eigenvalue weighted by Gasteiger charge is -2.33. The molecule has 0 saturated carbocycles. The van der Waals surface area contributed by atoms with E-state index in [9.17, 15) is 22.8 Å². The third-order valence-corrected chi connectivity index (χ3v) is 6.25. The van der Waals surface area contributed by atoms with E-state index in [0.717, 1.165) is 43.6 Å². The standard InChI is InChI=1S/C26H27F3N4O2/c1-17-15-22(34)23(31-33(17)21-12-8-11-20(16-21)26(27,28)29)25(35)30-18(2)24(32-13-6-7-14-32)19-9-4-3-5-10-19/h3-5,8-12,15-16,18,24H,6-7,13-14H2,1-2H3,(H,30,35)/t18-,24+/m1/s1. The van der Waals surface area contributed by atoms with E-state index in [2.05, 4.69) is 15.3 Å². The predicted molar refractivity (Wildman–Crippen MR) is 126 cm³/mol. The fourth-order valence-electron chi connectivity index (χ4n) is 4.62. The Morgan fingerprint density at radius 1 is 1.03 bits per heavy atom. The van der Waals surface area contributed by atoms with E-state index < -0.39 is 23.1 Å². The lowest BCUT2D eigenvalue weighted by molar-refractivity contribution is -0.137. The minimum absolute atomic E-state index is 0.0845. The molecule has 3 aromatic rings. The topological polar surface area (TPSA) is 67.2 Å². The summed E-state index contributed by atoms with van der Waals surface area (Å²) >= 11 is 0. The van der Waals surface area contributed by atoms with Crippen molar-refractivity contribution in [2.75, 3.05) is 13.1 Å². The summed E-state index contributed by atoms with van der Waals surface area (Å²) in [7, 11) is 0. The first-order valence-electron chi connectivity index (χ1n) is 11.5. The Morgan fingerprint density at radius 3 is 2.37 bits per heavy atom. The van der Waals surface area contributed by atoms with Crippen molar-refractivity contribution in [3.8, 4) is 5.69 Å². The second-order valence-electron chi connectivity index (χ2n) is 8.82. The van der Waals surface area contributed by atoms with Gasteiger partial charge in [-0.25, -0.2) is 4.68 Å². The summed E-state index contributed by atoms with van der Waals surface area (Å²) in [5.74, 6) is -0.664. The Kier molecular flexibility index (Phi) is 7.07. The van der Waals surface area contributed by atoms with Crippen molar-refractivity contribution in [3.05, 3.63) is 93.4 Å². The number of hydrogen-bond donors (Lipinski definition) is 1.